The van der Waals surface area contributed by atoms with Crippen LogP contribution in [0.3, 0.4) is 0 Å². The lowest BCUT2D eigenvalue weighted by molar-refractivity contribution is 0.461. The number of ether oxygens (including phenoxy) is 1. The van der Waals surface area contributed by atoms with Crippen molar-refractivity contribution in [2.45, 2.75) is 13.0 Å². The molecule has 0 bridgehead atoms. The molecule has 5 heteroatoms. The van der Waals surface area contributed by atoms with Crippen molar-refractivity contribution >= 4 is 23.2 Å². The molecule has 0 aliphatic rings. The lowest BCUT2D eigenvalue weighted by Crippen LogP contribution is -2.09. The highest BCUT2D eigenvalue weighted by Crippen LogP contribution is 2.33. The molecule has 0 aliphatic carbocycles. The lowest BCUT2D eigenvalue weighted by atomic mass is 10.1. The summed E-state index contributed by atoms with van der Waals surface area (Å²) in [6, 6.07) is 8.94. The summed E-state index contributed by atoms with van der Waals surface area (Å²) in [6.07, 6.45) is 0. The third kappa shape index (κ3) is 3.18. The minimum Gasteiger partial charge on any atom is -0.457 e. The third-order valence-corrected chi connectivity index (χ3v) is 3.33. The smallest absolute Gasteiger partial charge is 0.135 e. The summed E-state index contributed by atoms with van der Waals surface area (Å²) < 4.78 is 19.4. The van der Waals surface area contributed by atoms with Gasteiger partial charge in [0.25, 0.3) is 0 Å². The summed E-state index contributed by atoms with van der Waals surface area (Å²) in [4.78, 5) is 0. The molecule has 0 aromatic heterocycles. The van der Waals surface area contributed by atoms with Crippen LogP contribution in [0.4, 0.5) is 4.39 Å². The second kappa shape index (κ2) is 5.78. The molecule has 100 valence electrons. The number of hydrogen-bond acceptors (Lipinski definition) is 2. The van der Waals surface area contributed by atoms with Crippen LogP contribution in [0.25, 0.3) is 0 Å². The van der Waals surface area contributed by atoms with Crippen molar-refractivity contribution in [1.82, 2.24) is 0 Å². The molecule has 0 saturated heterocycles. The molecular weight excluding hydrogens is 288 g/mol. The Balaban J connectivity index is 2.38. The third-order valence-electron chi connectivity index (χ3n) is 2.59. The van der Waals surface area contributed by atoms with Crippen molar-refractivity contribution in [3.8, 4) is 11.5 Å². The van der Waals surface area contributed by atoms with E-state index in [1.54, 1.807) is 37.3 Å². The fraction of sp³-hybridized carbons (Fsp3) is 0.143. The minimum atomic E-state index is -0.473. The fourth-order valence-corrected chi connectivity index (χ4v) is 2.00. The lowest BCUT2D eigenvalue weighted by Gasteiger charge is -2.14. The first-order valence-electron chi connectivity index (χ1n) is 5.66. The number of hydrogen-bond donors (Lipinski definition) is 1. The second-order valence-electron chi connectivity index (χ2n) is 4.12. The molecule has 0 radical (unpaired) electrons. The molecule has 2 nitrogen and oxygen atoms in total. The van der Waals surface area contributed by atoms with E-state index in [-0.39, 0.29) is 0 Å². The van der Waals surface area contributed by atoms with Gasteiger partial charge in [0, 0.05) is 17.7 Å². The Hall–Kier alpha value is -1.29. The minimum absolute atomic E-state index is 0.327. The molecule has 2 N–H and O–H groups in total. The molecule has 19 heavy (non-hydrogen) atoms. The van der Waals surface area contributed by atoms with Crippen LogP contribution in [0.5, 0.6) is 11.5 Å². The van der Waals surface area contributed by atoms with Crippen molar-refractivity contribution in [3.05, 3.63) is 57.8 Å². The van der Waals surface area contributed by atoms with E-state index in [2.05, 4.69) is 0 Å². The van der Waals surface area contributed by atoms with Crippen LogP contribution in [0.15, 0.2) is 36.4 Å². The maximum atomic E-state index is 13.7. The topological polar surface area (TPSA) is 35.2 Å². The van der Waals surface area contributed by atoms with Gasteiger partial charge in [-0.15, -0.1) is 0 Å². The van der Waals surface area contributed by atoms with Crippen LogP contribution in [-0.4, -0.2) is 0 Å². The van der Waals surface area contributed by atoms with Gasteiger partial charge in [-0.2, -0.15) is 0 Å². The Bertz CT molecular complexity index is 602. The zero-order valence-electron chi connectivity index (χ0n) is 10.2. The van der Waals surface area contributed by atoms with Crippen LogP contribution in [0, 0.1) is 5.82 Å². The number of halogens is 3. The van der Waals surface area contributed by atoms with Gasteiger partial charge in [-0.25, -0.2) is 4.39 Å². The molecule has 2 aromatic rings. The van der Waals surface area contributed by atoms with Gasteiger partial charge < -0.3 is 10.5 Å². The largest absolute Gasteiger partial charge is 0.457 e. The molecule has 0 saturated carbocycles. The standard InChI is InChI=1S/C14H12Cl2FNO/c1-8(18)14-12(17)3-2-4-13(14)19-9-5-6-10(15)11(16)7-9/h2-8H,18H2,1H3/t8-/m1/s1. The van der Waals surface area contributed by atoms with Gasteiger partial charge in [-0.3, -0.25) is 0 Å². The summed E-state index contributed by atoms with van der Waals surface area (Å²) >= 11 is 11.7. The Labute approximate surface area is 120 Å². The van der Waals surface area contributed by atoms with Gasteiger partial charge >= 0.3 is 0 Å². The zero-order valence-corrected chi connectivity index (χ0v) is 11.7. The van der Waals surface area contributed by atoms with E-state index in [4.69, 9.17) is 33.7 Å². The van der Waals surface area contributed by atoms with Crippen LogP contribution >= 0.6 is 23.2 Å². The van der Waals surface area contributed by atoms with Crippen molar-refractivity contribution in [2.75, 3.05) is 0 Å². The van der Waals surface area contributed by atoms with E-state index in [1.807, 2.05) is 0 Å². The first-order valence-corrected chi connectivity index (χ1v) is 6.41. The SMILES string of the molecule is C[C@@H](N)c1c(F)cccc1Oc1ccc(Cl)c(Cl)c1. The zero-order chi connectivity index (χ0) is 14.0. The average molecular weight is 300 g/mol. The van der Waals surface area contributed by atoms with E-state index in [9.17, 15) is 4.39 Å². The normalized spacial score (nSPS) is 12.3. The summed E-state index contributed by atoms with van der Waals surface area (Å²) in [5.74, 6) is 0.447. The van der Waals surface area contributed by atoms with E-state index in [0.717, 1.165) is 0 Å². The molecule has 1 atom stereocenters. The molecule has 2 rings (SSSR count). The first-order chi connectivity index (χ1) is 8.99. The maximum Gasteiger partial charge on any atom is 0.135 e. The number of nitrogens with two attached hydrogens (primary N) is 1. The average Bonchev–Trinajstić information content (AvgIpc) is 2.33. The number of benzene rings is 2. The van der Waals surface area contributed by atoms with Gasteiger partial charge in [0.1, 0.15) is 17.3 Å². The highest BCUT2D eigenvalue weighted by molar-refractivity contribution is 6.42. The summed E-state index contributed by atoms with van der Waals surface area (Å²) in [6.45, 7) is 1.69. The predicted molar refractivity (Wildman–Crippen MR) is 75.5 cm³/mol. The van der Waals surface area contributed by atoms with Crippen molar-refractivity contribution < 1.29 is 9.13 Å². The Morgan fingerprint density at radius 1 is 1.16 bits per heavy atom. The maximum absolute atomic E-state index is 13.7. The van der Waals surface area contributed by atoms with Gasteiger partial charge in [-0.05, 0) is 31.2 Å². The van der Waals surface area contributed by atoms with Crippen LogP contribution in [-0.2, 0) is 0 Å². The van der Waals surface area contributed by atoms with Crippen LogP contribution in [0.1, 0.15) is 18.5 Å². The fourth-order valence-electron chi connectivity index (χ4n) is 1.72. The Kier molecular flexibility index (Phi) is 4.30. The summed E-state index contributed by atoms with van der Waals surface area (Å²) in [5, 5.41) is 0.804. The Morgan fingerprint density at radius 3 is 2.53 bits per heavy atom. The predicted octanol–water partition coefficient (Wildman–Crippen LogP) is 4.94. The first kappa shape index (κ1) is 14.1. The van der Waals surface area contributed by atoms with Crippen molar-refractivity contribution in [3.63, 3.8) is 0 Å². The molecule has 0 unspecified atom stereocenters. The van der Waals surface area contributed by atoms with Gasteiger partial charge in [0.05, 0.1) is 10.0 Å². The van der Waals surface area contributed by atoms with Crippen molar-refractivity contribution in [2.24, 2.45) is 5.73 Å². The molecule has 0 amide bonds. The van der Waals surface area contributed by atoms with E-state index >= 15 is 0 Å². The highest BCUT2D eigenvalue weighted by atomic mass is 35.5. The quantitative estimate of drug-likeness (QED) is 0.871. The van der Waals surface area contributed by atoms with Gasteiger partial charge in [0.15, 0.2) is 0 Å². The van der Waals surface area contributed by atoms with E-state index in [1.165, 1.54) is 6.07 Å². The molecular formula is C14H12Cl2FNO. The molecule has 2 aromatic carbocycles. The monoisotopic (exact) mass is 299 g/mol. The molecule has 0 spiro atoms. The molecule has 0 heterocycles. The van der Waals surface area contributed by atoms with E-state index in [0.29, 0.717) is 27.1 Å². The van der Waals surface area contributed by atoms with Crippen molar-refractivity contribution in [1.29, 1.82) is 0 Å². The van der Waals surface area contributed by atoms with Crippen LogP contribution in [0.2, 0.25) is 10.0 Å². The molecule has 0 fully saturated rings. The second-order valence-corrected chi connectivity index (χ2v) is 4.93. The summed E-state index contributed by atoms with van der Waals surface area (Å²) in [7, 11) is 0. The van der Waals surface area contributed by atoms with Gasteiger partial charge in [0.2, 0.25) is 0 Å². The number of rotatable bonds is 3. The van der Waals surface area contributed by atoms with Gasteiger partial charge in [-0.1, -0.05) is 29.3 Å². The highest BCUT2D eigenvalue weighted by Gasteiger charge is 2.14. The van der Waals surface area contributed by atoms with Crippen LogP contribution < -0.4 is 10.5 Å². The Morgan fingerprint density at radius 2 is 1.89 bits per heavy atom. The summed E-state index contributed by atoms with van der Waals surface area (Å²) in [5.41, 5.74) is 6.08. The molecule has 0 aliphatic heterocycles. The van der Waals surface area contributed by atoms with E-state index < -0.39 is 11.9 Å².